The highest BCUT2D eigenvalue weighted by Gasteiger charge is 2.47. The van der Waals surface area contributed by atoms with Crippen LogP contribution in [0.4, 0.5) is 5.69 Å². The maximum Gasteiger partial charge on any atom is 0.286 e. The van der Waals surface area contributed by atoms with Crippen molar-refractivity contribution in [1.82, 2.24) is 0 Å². The Kier molecular flexibility index (Phi) is 4.12. The first-order valence-electron chi connectivity index (χ1n) is 7.71. The Balaban J connectivity index is 1.98. The SMILES string of the molecule is O=[N+]([O-])c1cccc(Cl)c1C#CC(O)(C1CCC1)C1CCC1. The standard InChI is InChI=1S/C17H18ClNO3/c18-15-8-3-9-16(19(21)22)14(15)10-11-17(20,12-4-1-5-12)13-6-2-7-13/h3,8-9,12-13,20H,1-2,4-7H2. The highest BCUT2D eigenvalue weighted by molar-refractivity contribution is 6.32. The van der Waals surface area contributed by atoms with Crippen LogP contribution in [0.15, 0.2) is 18.2 Å². The fraction of sp³-hybridized carbons (Fsp3) is 0.529. The third kappa shape index (κ3) is 2.60. The molecule has 1 aromatic carbocycles. The molecular formula is C17H18ClNO3. The summed E-state index contributed by atoms with van der Waals surface area (Å²) in [6.07, 6.45) is 6.15. The second-order valence-corrected chi connectivity index (χ2v) is 6.63. The zero-order valence-electron chi connectivity index (χ0n) is 12.2. The molecule has 0 saturated heterocycles. The topological polar surface area (TPSA) is 63.4 Å². The highest BCUT2D eigenvalue weighted by atomic mass is 35.5. The van der Waals surface area contributed by atoms with Gasteiger partial charge in [0.25, 0.3) is 5.69 Å². The van der Waals surface area contributed by atoms with E-state index < -0.39 is 10.5 Å². The molecule has 0 unspecified atom stereocenters. The van der Waals surface area contributed by atoms with Crippen molar-refractivity contribution in [3.63, 3.8) is 0 Å². The fourth-order valence-electron chi connectivity index (χ4n) is 3.19. The van der Waals surface area contributed by atoms with E-state index in [-0.39, 0.29) is 28.1 Å². The Morgan fingerprint density at radius 3 is 2.27 bits per heavy atom. The zero-order valence-corrected chi connectivity index (χ0v) is 13.0. The van der Waals surface area contributed by atoms with E-state index in [1.54, 1.807) is 6.07 Å². The molecule has 5 heteroatoms. The minimum atomic E-state index is -1.02. The summed E-state index contributed by atoms with van der Waals surface area (Å²) in [6.45, 7) is 0. The summed E-state index contributed by atoms with van der Waals surface area (Å²) < 4.78 is 0. The van der Waals surface area contributed by atoms with E-state index in [0.29, 0.717) is 0 Å². The van der Waals surface area contributed by atoms with Gasteiger partial charge >= 0.3 is 0 Å². The van der Waals surface area contributed by atoms with Crippen molar-refractivity contribution in [3.05, 3.63) is 38.9 Å². The first-order valence-corrected chi connectivity index (χ1v) is 8.08. The second-order valence-electron chi connectivity index (χ2n) is 6.22. The zero-order chi connectivity index (χ0) is 15.7. The van der Waals surface area contributed by atoms with Gasteiger partial charge in [-0.15, -0.1) is 0 Å². The number of hydrogen-bond acceptors (Lipinski definition) is 3. The molecule has 116 valence electrons. The molecule has 2 aliphatic carbocycles. The molecule has 4 nitrogen and oxygen atoms in total. The summed E-state index contributed by atoms with van der Waals surface area (Å²) in [6, 6.07) is 4.52. The molecule has 1 N–H and O–H groups in total. The minimum absolute atomic E-state index is 0.107. The van der Waals surface area contributed by atoms with Crippen LogP contribution in [-0.4, -0.2) is 15.6 Å². The fourth-order valence-corrected chi connectivity index (χ4v) is 3.40. The molecule has 3 rings (SSSR count). The van der Waals surface area contributed by atoms with Crippen molar-refractivity contribution in [1.29, 1.82) is 0 Å². The number of hydrogen-bond donors (Lipinski definition) is 1. The Hall–Kier alpha value is -1.57. The van der Waals surface area contributed by atoms with Crippen LogP contribution >= 0.6 is 11.6 Å². The Morgan fingerprint density at radius 2 is 1.82 bits per heavy atom. The van der Waals surface area contributed by atoms with Gasteiger partial charge in [-0.1, -0.05) is 42.3 Å². The lowest BCUT2D eigenvalue weighted by Crippen LogP contribution is -2.49. The average molecular weight is 320 g/mol. The largest absolute Gasteiger partial charge is 0.377 e. The molecular weight excluding hydrogens is 302 g/mol. The third-order valence-electron chi connectivity index (χ3n) is 5.03. The Bertz CT molecular complexity index is 640. The molecule has 0 aliphatic heterocycles. The van der Waals surface area contributed by atoms with Gasteiger partial charge in [0, 0.05) is 6.07 Å². The number of benzene rings is 1. The van der Waals surface area contributed by atoms with Crippen LogP contribution in [0.1, 0.15) is 44.1 Å². The lowest BCUT2D eigenvalue weighted by atomic mass is 9.62. The number of rotatable bonds is 3. The van der Waals surface area contributed by atoms with Crippen LogP contribution in [0.2, 0.25) is 5.02 Å². The third-order valence-corrected chi connectivity index (χ3v) is 5.35. The average Bonchev–Trinajstić information content (AvgIpc) is 2.32. The van der Waals surface area contributed by atoms with Gasteiger partial charge in [-0.3, -0.25) is 10.1 Å². The smallest absolute Gasteiger partial charge is 0.286 e. The molecule has 2 aliphatic rings. The van der Waals surface area contributed by atoms with Gasteiger partial charge in [0.2, 0.25) is 0 Å². The molecule has 0 radical (unpaired) electrons. The van der Waals surface area contributed by atoms with Crippen LogP contribution in [0, 0.1) is 33.8 Å². The second kappa shape index (κ2) is 5.91. The van der Waals surface area contributed by atoms with Crippen molar-refractivity contribution >= 4 is 17.3 Å². The number of aliphatic hydroxyl groups is 1. The van der Waals surface area contributed by atoms with Gasteiger partial charge < -0.3 is 5.11 Å². The number of nitrogens with zero attached hydrogens (tertiary/aromatic N) is 1. The Labute approximate surface area is 134 Å². The molecule has 22 heavy (non-hydrogen) atoms. The summed E-state index contributed by atoms with van der Waals surface area (Å²) in [4.78, 5) is 10.6. The van der Waals surface area contributed by atoms with E-state index in [1.807, 2.05) is 0 Å². The van der Waals surface area contributed by atoms with E-state index in [2.05, 4.69) is 11.8 Å². The maximum absolute atomic E-state index is 11.1. The van der Waals surface area contributed by atoms with E-state index in [9.17, 15) is 15.2 Å². The molecule has 0 amide bonds. The normalized spacial score (nSPS) is 18.8. The summed E-state index contributed by atoms with van der Waals surface area (Å²) in [5.74, 6) is 6.17. The molecule has 2 fully saturated rings. The summed E-state index contributed by atoms with van der Waals surface area (Å²) in [7, 11) is 0. The van der Waals surface area contributed by atoms with E-state index in [0.717, 1.165) is 38.5 Å². The minimum Gasteiger partial charge on any atom is -0.377 e. The lowest BCUT2D eigenvalue weighted by molar-refractivity contribution is -0.385. The number of halogens is 1. The van der Waals surface area contributed by atoms with Crippen molar-refractivity contribution in [2.24, 2.45) is 11.8 Å². The van der Waals surface area contributed by atoms with Crippen LogP contribution < -0.4 is 0 Å². The molecule has 0 heterocycles. The quantitative estimate of drug-likeness (QED) is 0.521. The molecule has 0 atom stereocenters. The van der Waals surface area contributed by atoms with E-state index >= 15 is 0 Å². The van der Waals surface area contributed by atoms with Gasteiger partial charge in [0.15, 0.2) is 0 Å². The Morgan fingerprint density at radius 1 is 1.23 bits per heavy atom. The highest BCUT2D eigenvalue weighted by Crippen LogP contribution is 2.47. The molecule has 0 bridgehead atoms. The van der Waals surface area contributed by atoms with Crippen molar-refractivity contribution in [2.45, 2.75) is 44.1 Å². The number of nitro benzene ring substituents is 1. The number of nitro groups is 1. The summed E-state index contributed by atoms with van der Waals surface area (Å²) >= 11 is 6.07. The van der Waals surface area contributed by atoms with Crippen molar-refractivity contribution in [3.8, 4) is 11.8 Å². The van der Waals surface area contributed by atoms with Crippen molar-refractivity contribution < 1.29 is 10.0 Å². The van der Waals surface area contributed by atoms with Gasteiger partial charge in [-0.05, 0) is 43.6 Å². The van der Waals surface area contributed by atoms with Crippen LogP contribution in [0.3, 0.4) is 0 Å². The van der Waals surface area contributed by atoms with Gasteiger partial charge in [0.05, 0.1) is 9.95 Å². The molecule has 1 aromatic rings. The van der Waals surface area contributed by atoms with Crippen LogP contribution in [0.5, 0.6) is 0 Å². The van der Waals surface area contributed by atoms with Crippen LogP contribution in [0.25, 0.3) is 0 Å². The first kappa shape index (κ1) is 15.3. The van der Waals surface area contributed by atoms with Crippen LogP contribution in [-0.2, 0) is 0 Å². The molecule has 0 spiro atoms. The first-order chi connectivity index (χ1) is 10.5. The predicted molar refractivity (Wildman–Crippen MR) is 84.6 cm³/mol. The van der Waals surface area contributed by atoms with Gasteiger partial charge in [0.1, 0.15) is 11.2 Å². The molecule has 0 aromatic heterocycles. The van der Waals surface area contributed by atoms with E-state index in [4.69, 9.17) is 11.6 Å². The van der Waals surface area contributed by atoms with Gasteiger partial charge in [-0.25, -0.2) is 0 Å². The summed E-state index contributed by atoms with van der Waals surface area (Å²) in [5, 5.41) is 22.4. The van der Waals surface area contributed by atoms with Crippen molar-refractivity contribution in [2.75, 3.05) is 0 Å². The summed E-state index contributed by atoms with van der Waals surface area (Å²) in [5.41, 5.74) is -0.931. The monoisotopic (exact) mass is 319 g/mol. The molecule has 2 saturated carbocycles. The van der Waals surface area contributed by atoms with Gasteiger partial charge in [-0.2, -0.15) is 0 Å². The van der Waals surface area contributed by atoms with E-state index in [1.165, 1.54) is 12.1 Å². The maximum atomic E-state index is 11.1. The lowest BCUT2D eigenvalue weighted by Gasteiger charge is -2.46. The predicted octanol–water partition coefficient (Wildman–Crippen LogP) is 3.93.